The van der Waals surface area contributed by atoms with E-state index < -0.39 is 28.2 Å². The molecule has 0 unspecified atom stereocenters. The number of rotatable bonds is 2. The zero-order valence-corrected chi connectivity index (χ0v) is 7.27. The van der Waals surface area contributed by atoms with Crippen LogP contribution in [0.1, 0.15) is 0 Å². The summed E-state index contributed by atoms with van der Waals surface area (Å²) in [6, 6.07) is 0. The Kier molecular flexibility index (Phi) is 1.61. The molecule has 1 aliphatic rings. The van der Waals surface area contributed by atoms with Gasteiger partial charge in [0.05, 0.1) is 0 Å². The number of nitrogens with zero attached hydrogens (tertiary/aromatic N) is 2. The van der Waals surface area contributed by atoms with Crippen molar-refractivity contribution in [3.63, 3.8) is 0 Å². The summed E-state index contributed by atoms with van der Waals surface area (Å²) in [5.74, 6) is 0. The molecule has 0 atom stereocenters. The van der Waals surface area contributed by atoms with E-state index in [0.717, 1.165) is 0 Å². The Morgan fingerprint density at radius 2 is 2.22 bits per heavy atom. The van der Waals surface area contributed by atoms with E-state index in [1.54, 1.807) is 0 Å². The molecule has 9 heteroatoms. The summed E-state index contributed by atoms with van der Waals surface area (Å²) in [5.41, 5.74) is 0. The normalized spacial score (nSPS) is 17.1. The summed E-state index contributed by atoms with van der Waals surface area (Å²) in [6.45, 7) is 0. The Morgan fingerprint density at radius 3 is 2.56 bits per heavy atom. The Balaban J connectivity index is 2.18. The fourth-order valence-corrected chi connectivity index (χ4v) is 1.75. The van der Waals surface area contributed by atoms with Gasteiger partial charge in [-0.05, 0) is 0 Å². The Bertz CT molecular complexity index is 145. The van der Waals surface area contributed by atoms with Gasteiger partial charge in [-0.3, -0.25) is 0 Å². The molecule has 0 saturated carbocycles. The maximum atomic E-state index is 9.71. The van der Waals surface area contributed by atoms with Gasteiger partial charge >= 0.3 is 57.0 Å². The minimum absolute atomic E-state index is 0.207. The summed E-state index contributed by atoms with van der Waals surface area (Å²) < 4.78 is 11.9. The van der Waals surface area contributed by atoms with Crippen molar-refractivity contribution < 1.29 is 18.9 Å². The molecular formula is BiN2O6+. The standard InChI is InChI=1S/Bi.2NO3/c;2*2-1(3)4/q+3;2*-1. The second-order valence-electron chi connectivity index (χ2n) is 0.916. The van der Waals surface area contributed by atoms with Crippen molar-refractivity contribution in [3.05, 3.63) is 15.0 Å². The van der Waals surface area contributed by atoms with E-state index in [0.29, 0.717) is 0 Å². The van der Waals surface area contributed by atoms with Crippen molar-refractivity contribution >= 4 is 23.1 Å². The molecule has 0 aliphatic carbocycles. The van der Waals surface area contributed by atoms with Crippen LogP contribution in [-0.2, 0) is 8.74 Å². The van der Waals surface area contributed by atoms with Gasteiger partial charge in [0, 0.05) is 0 Å². The number of hydrogen-bond acceptors (Lipinski definition) is 6. The molecule has 8 nitrogen and oxygen atoms in total. The van der Waals surface area contributed by atoms with Crippen molar-refractivity contribution in [3.8, 4) is 0 Å². The molecule has 0 spiro atoms. The van der Waals surface area contributed by atoms with Crippen LogP contribution >= 0.6 is 0 Å². The van der Waals surface area contributed by atoms with Gasteiger partial charge in [0.25, 0.3) is 0 Å². The first kappa shape index (κ1) is 6.40. The van der Waals surface area contributed by atoms with Gasteiger partial charge in [-0.1, -0.05) is 0 Å². The van der Waals surface area contributed by atoms with Crippen LogP contribution in [-0.4, -0.2) is 33.2 Å². The fourth-order valence-electron chi connectivity index (χ4n) is 0.199. The first-order valence-corrected chi connectivity index (χ1v) is 5.90. The predicted octanol–water partition coefficient (Wildman–Crippen LogP) is -1.16. The van der Waals surface area contributed by atoms with Crippen molar-refractivity contribution in [2.45, 2.75) is 0 Å². The molecule has 0 bridgehead atoms. The summed E-state index contributed by atoms with van der Waals surface area (Å²) in [4.78, 5) is 19.2. The summed E-state index contributed by atoms with van der Waals surface area (Å²) >= 11 is -3.26. The monoisotopic (exact) mass is 333 g/mol. The zero-order valence-electron chi connectivity index (χ0n) is 3.79. The third-order valence-electron chi connectivity index (χ3n) is 0.400. The molecule has 0 aromatic heterocycles. The molecule has 1 heterocycles. The van der Waals surface area contributed by atoms with E-state index in [1.165, 1.54) is 0 Å². The van der Waals surface area contributed by atoms with E-state index in [2.05, 4.69) is 8.74 Å². The average Bonchev–Trinajstić information content (AvgIpc) is 1.60. The van der Waals surface area contributed by atoms with E-state index in [-0.39, 0.29) is 5.09 Å². The first-order chi connectivity index (χ1) is 4.18. The van der Waals surface area contributed by atoms with Crippen LogP contribution in [0.3, 0.4) is 0 Å². The first-order valence-electron chi connectivity index (χ1n) is 1.64. The molecule has 0 amide bonds. The average molecular weight is 333 g/mol. The van der Waals surface area contributed by atoms with Gasteiger partial charge in [0.1, 0.15) is 0 Å². The molecule has 0 aromatic rings. The van der Waals surface area contributed by atoms with Gasteiger partial charge in [0.15, 0.2) is 0 Å². The SMILES string of the molecule is O=[N+]([O-])[O][Bi]1[O][N+](=O)[O]1. The molecule has 0 radical (unpaired) electrons. The molecular weight excluding hydrogens is 333 g/mol. The molecule has 0 N–H and O–H groups in total. The van der Waals surface area contributed by atoms with Gasteiger partial charge in [-0.15, -0.1) is 0 Å². The molecule has 1 fully saturated rings. The second kappa shape index (κ2) is 2.26. The van der Waals surface area contributed by atoms with Crippen LogP contribution < -0.4 is 0 Å². The van der Waals surface area contributed by atoms with Crippen LogP contribution in [0.15, 0.2) is 0 Å². The fraction of sp³-hybridized carbons (Fsp3) is 0. The van der Waals surface area contributed by atoms with Crippen molar-refractivity contribution in [2.75, 3.05) is 0 Å². The van der Waals surface area contributed by atoms with E-state index in [9.17, 15) is 15.0 Å². The van der Waals surface area contributed by atoms with E-state index in [4.69, 9.17) is 0 Å². The molecule has 1 saturated heterocycles. The van der Waals surface area contributed by atoms with Gasteiger partial charge in [-0.25, -0.2) is 0 Å². The van der Waals surface area contributed by atoms with Crippen LogP contribution in [0.25, 0.3) is 0 Å². The van der Waals surface area contributed by atoms with Crippen LogP contribution in [0.4, 0.5) is 0 Å². The molecule has 9 heavy (non-hydrogen) atoms. The van der Waals surface area contributed by atoms with E-state index >= 15 is 0 Å². The van der Waals surface area contributed by atoms with Gasteiger partial charge in [0.2, 0.25) is 0 Å². The molecule has 1 rings (SSSR count). The predicted molar refractivity (Wildman–Crippen MR) is 19.6 cm³/mol. The topological polar surface area (TPSA) is 90.9 Å². The molecule has 1 aliphatic heterocycles. The van der Waals surface area contributed by atoms with Crippen molar-refractivity contribution in [2.24, 2.45) is 0 Å². The van der Waals surface area contributed by atoms with Gasteiger partial charge in [-0.2, -0.15) is 0 Å². The summed E-state index contributed by atoms with van der Waals surface area (Å²) in [6.07, 6.45) is 0. The van der Waals surface area contributed by atoms with Crippen molar-refractivity contribution in [1.29, 1.82) is 0 Å². The third kappa shape index (κ3) is 1.60. The second-order valence-corrected chi connectivity index (χ2v) is 4.56. The minimum atomic E-state index is -3.26. The van der Waals surface area contributed by atoms with Crippen LogP contribution in [0.5, 0.6) is 0 Å². The van der Waals surface area contributed by atoms with Gasteiger partial charge < -0.3 is 0 Å². The van der Waals surface area contributed by atoms with E-state index in [1.807, 2.05) is 0 Å². The van der Waals surface area contributed by atoms with Crippen LogP contribution in [0.2, 0.25) is 0 Å². The van der Waals surface area contributed by atoms with Crippen molar-refractivity contribution in [1.82, 2.24) is 0 Å². The molecule has 0 aromatic carbocycles. The third-order valence-corrected chi connectivity index (χ3v) is 3.51. The quantitative estimate of drug-likeness (QED) is 0.360. The Morgan fingerprint density at radius 1 is 1.67 bits per heavy atom. The van der Waals surface area contributed by atoms with Crippen LogP contribution in [0, 0.1) is 15.0 Å². The maximum absolute atomic E-state index is 9.71. The number of hydrogen-bond donors (Lipinski definition) is 0. The summed E-state index contributed by atoms with van der Waals surface area (Å²) in [5, 5.41) is 8.22. The Labute approximate surface area is 57.4 Å². The summed E-state index contributed by atoms with van der Waals surface area (Å²) in [7, 11) is 0. The Hall–Kier alpha value is -0.717. The molecule has 50 valence electrons. The zero-order chi connectivity index (χ0) is 6.85.